The third kappa shape index (κ3) is 3.34. The fraction of sp³-hybridized carbons (Fsp3) is 0.667. The minimum atomic E-state index is 0.264. The zero-order chi connectivity index (χ0) is 13.9. The van der Waals surface area contributed by atoms with E-state index in [1.807, 2.05) is 23.1 Å². The van der Waals surface area contributed by atoms with Crippen molar-refractivity contribution in [3.63, 3.8) is 0 Å². The van der Waals surface area contributed by atoms with Gasteiger partial charge in [-0.05, 0) is 30.2 Å². The van der Waals surface area contributed by atoms with Gasteiger partial charge in [0.05, 0.1) is 6.04 Å². The van der Waals surface area contributed by atoms with Crippen LogP contribution < -0.4 is 5.32 Å². The molecule has 4 heteroatoms. The van der Waals surface area contributed by atoms with E-state index in [1.165, 1.54) is 17.7 Å². The Labute approximate surface area is 125 Å². The maximum atomic E-state index is 4.99. The second kappa shape index (κ2) is 6.31. The molecule has 1 aliphatic rings. The number of aliphatic imine (C=N–C) groups is 1. The molecular formula is C15H24N2S2. The fourth-order valence-electron chi connectivity index (χ4n) is 2.33. The van der Waals surface area contributed by atoms with Gasteiger partial charge >= 0.3 is 0 Å². The predicted molar refractivity (Wildman–Crippen MR) is 88.2 cm³/mol. The second-order valence-electron chi connectivity index (χ2n) is 5.54. The van der Waals surface area contributed by atoms with Gasteiger partial charge in [0.15, 0.2) is 5.17 Å². The van der Waals surface area contributed by atoms with Crippen LogP contribution in [0.4, 0.5) is 0 Å². The summed E-state index contributed by atoms with van der Waals surface area (Å²) in [5, 5.41) is 6.95. The van der Waals surface area contributed by atoms with Crippen molar-refractivity contribution in [2.75, 3.05) is 5.75 Å². The Kier molecular flexibility index (Phi) is 4.96. The van der Waals surface area contributed by atoms with Crippen LogP contribution in [-0.2, 0) is 0 Å². The van der Waals surface area contributed by atoms with E-state index in [4.69, 9.17) is 4.99 Å². The monoisotopic (exact) mass is 296 g/mol. The summed E-state index contributed by atoms with van der Waals surface area (Å²) in [6, 6.07) is 4.61. The zero-order valence-electron chi connectivity index (χ0n) is 12.3. The Morgan fingerprint density at radius 2 is 2.11 bits per heavy atom. The predicted octanol–water partition coefficient (Wildman–Crippen LogP) is 4.70. The van der Waals surface area contributed by atoms with Gasteiger partial charge in [-0.1, -0.05) is 45.5 Å². The molecule has 2 rings (SSSR count). The molecule has 0 aromatic carbocycles. The van der Waals surface area contributed by atoms with E-state index in [-0.39, 0.29) is 5.54 Å². The van der Waals surface area contributed by atoms with E-state index in [1.54, 1.807) is 0 Å². The van der Waals surface area contributed by atoms with Crippen LogP contribution in [0.3, 0.4) is 0 Å². The van der Waals surface area contributed by atoms with E-state index >= 15 is 0 Å². The highest BCUT2D eigenvalue weighted by Crippen LogP contribution is 2.34. The lowest BCUT2D eigenvalue weighted by atomic mass is 9.96. The summed E-state index contributed by atoms with van der Waals surface area (Å²) in [5.74, 6) is 1.68. The Hall–Kier alpha value is -0.480. The maximum absolute atomic E-state index is 4.99. The highest BCUT2D eigenvalue weighted by molar-refractivity contribution is 8.14. The maximum Gasteiger partial charge on any atom is 0.157 e. The topological polar surface area (TPSA) is 24.4 Å². The third-order valence-electron chi connectivity index (χ3n) is 3.93. The number of nitrogens with one attached hydrogen (secondary N) is 1. The average Bonchev–Trinajstić information content (AvgIpc) is 3.05. The summed E-state index contributed by atoms with van der Waals surface area (Å²) in [6.07, 6.45) is 2.34. The van der Waals surface area contributed by atoms with Crippen molar-refractivity contribution < 1.29 is 0 Å². The second-order valence-corrected chi connectivity index (χ2v) is 7.48. The summed E-state index contributed by atoms with van der Waals surface area (Å²) >= 11 is 3.70. The lowest BCUT2D eigenvalue weighted by Crippen LogP contribution is -2.42. The molecule has 1 fully saturated rings. The molecule has 1 unspecified atom stereocenters. The Morgan fingerprint density at radius 1 is 1.37 bits per heavy atom. The number of nitrogens with zero attached hydrogens (tertiary/aromatic N) is 1. The van der Waals surface area contributed by atoms with Gasteiger partial charge in [0, 0.05) is 16.2 Å². The van der Waals surface area contributed by atoms with Gasteiger partial charge in [-0.15, -0.1) is 11.3 Å². The summed E-state index contributed by atoms with van der Waals surface area (Å²) in [6.45, 7) is 9.03. The smallest absolute Gasteiger partial charge is 0.157 e. The molecule has 0 saturated carbocycles. The van der Waals surface area contributed by atoms with Gasteiger partial charge in [0.2, 0.25) is 0 Å². The molecule has 1 aromatic heterocycles. The lowest BCUT2D eigenvalue weighted by Gasteiger charge is -2.25. The van der Waals surface area contributed by atoms with E-state index in [2.05, 4.69) is 50.5 Å². The SMILES string of the molecule is CCC1(CC)CSC(=NC(c2cccs2)C(C)C)N1. The third-order valence-corrected chi connectivity index (χ3v) is 6.05. The van der Waals surface area contributed by atoms with E-state index < -0.39 is 0 Å². The number of rotatable bonds is 5. The molecule has 1 atom stereocenters. The Morgan fingerprint density at radius 3 is 2.58 bits per heavy atom. The van der Waals surface area contributed by atoms with Gasteiger partial charge < -0.3 is 5.32 Å². The molecule has 1 N–H and O–H groups in total. The first-order chi connectivity index (χ1) is 9.10. The van der Waals surface area contributed by atoms with Gasteiger partial charge in [-0.2, -0.15) is 0 Å². The summed E-state index contributed by atoms with van der Waals surface area (Å²) in [7, 11) is 0. The van der Waals surface area contributed by atoms with Crippen LogP contribution in [0, 0.1) is 5.92 Å². The minimum Gasteiger partial charge on any atom is -0.359 e. The zero-order valence-corrected chi connectivity index (χ0v) is 13.9. The Balaban J connectivity index is 2.16. The number of hydrogen-bond donors (Lipinski definition) is 1. The molecule has 2 nitrogen and oxygen atoms in total. The molecule has 0 radical (unpaired) electrons. The molecule has 1 saturated heterocycles. The first-order valence-electron chi connectivity index (χ1n) is 7.12. The molecule has 2 heterocycles. The van der Waals surface area contributed by atoms with E-state index in [0.29, 0.717) is 12.0 Å². The molecule has 106 valence electrons. The highest BCUT2D eigenvalue weighted by Gasteiger charge is 2.34. The van der Waals surface area contributed by atoms with Gasteiger partial charge in [-0.3, -0.25) is 4.99 Å². The van der Waals surface area contributed by atoms with Crippen molar-refractivity contribution in [3.8, 4) is 0 Å². The molecule has 0 amide bonds. The molecule has 0 bridgehead atoms. The van der Waals surface area contributed by atoms with Crippen molar-refractivity contribution in [3.05, 3.63) is 22.4 Å². The minimum absolute atomic E-state index is 0.264. The van der Waals surface area contributed by atoms with Crippen LogP contribution in [0.15, 0.2) is 22.5 Å². The summed E-state index contributed by atoms with van der Waals surface area (Å²) in [5.41, 5.74) is 0.264. The van der Waals surface area contributed by atoms with E-state index in [0.717, 1.165) is 10.9 Å². The number of thiophene rings is 1. The number of hydrogen-bond acceptors (Lipinski definition) is 3. The van der Waals surface area contributed by atoms with Crippen molar-refractivity contribution in [2.45, 2.75) is 52.1 Å². The van der Waals surface area contributed by atoms with Crippen LogP contribution in [0.5, 0.6) is 0 Å². The quantitative estimate of drug-likeness (QED) is 0.852. The van der Waals surface area contributed by atoms with Gasteiger partial charge in [0.25, 0.3) is 0 Å². The van der Waals surface area contributed by atoms with Gasteiger partial charge in [-0.25, -0.2) is 0 Å². The van der Waals surface area contributed by atoms with Crippen molar-refractivity contribution in [2.24, 2.45) is 10.9 Å². The summed E-state index contributed by atoms with van der Waals surface area (Å²) < 4.78 is 0. The van der Waals surface area contributed by atoms with Crippen LogP contribution in [0.2, 0.25) is 0 Å². The molecule has 19 heavy (non-hydrogen) atoms. The van der Waals surface area contributed by atoms with Crippen LogP contribution >= 0.6 is 23.1 Å². The van der Waals surface area contributed by atoms with Crippen molar-refractivity contribution in [1.82, 2.24) is 5.32 Å². The van der Waals surface area contributed by atoms with Crippen molar-refractivity contribution in [1.29, 1.82) is 0 Å². The van der Waals surface area contributed by atoms with Crippen molar-refractivity contribution >= 4 is 28.3 Å². The van der Waals surface area contributed by atoms with Crippen LogP contribution in [0.25, 0.3) is 0 Å². The lowest BCUT2D eigenvalue weighted by molar-refractivity contribution is 0.406. The molecular weight excluding hydrogens is 272 g/mol. The molecule has 0 spiro atoms. The van der Waals surface area contributed by atoms with Gasteiger partial charge in [0.1, 0.15) is 0 Å². The normalized spacial score (nSPS) is 21.8. The standard InChI is InChI=1S/C15H24N2S2/c1-5-15(6-2)10-19-14(17-15)16-13(11(3)4)12-8-7-9-18-12/h7-9,11,13H,5-6,10H2,1-4H3,(H,16,17). The number of thioether (sulfide) groups is 1. The first-order valence-corrected chi connectivity index (χ1v) is 8.99. The Bertz CT molecular complexity index is 419. The van der Waals surface area contributed by atoms with Crippen LogP contribution in [-0.4, -0.2) is 16.5 Å². The molecule has 1 aromatic rings. The average molecular weight is 297 g/mol. The van der Waals surface area contributed by atoms with Crippen LogP contribution in [0.1, 0.15) is 51.5 Å². The highest BCUT2D eigenvalue weighted by atomic mass is 32.2. The molecule has 1 aliphatic heterocycles. The van der Waals surface area contributed by atoms with E-state index in [9.17, 15) is 0 Å². The largest absolute Gasteiger partial charge is 0.359 e. The summed E-state index contributed by atoms with van der Waals surface area (Å²) in [4.78, 5) is 6.36. The fourth-order valence-corrected chi connectivity index (χ4v) is 4.64. The first kappa shape index (κ1) is 14.9. The number of amidine groups is 1. The molecule has 0 aliphatic carbocycles.